The van der Waals surface area contributed by atoms with Gasteiger partial charge in [-0.3, -0.25) is 14.3 Å². The van der Waals surface area contributed by atoms with Crippen LogP contribution in [0.25, 0.3) is 22.0 Å². The highest BCUT2D eigenvalue weighted by molar-refractivity contribution is 6.32. The number of halogens is 1. The summed E-state index contributed by atoms with van der Waals surface area (Å²) in [6.07, 6.45) is 6.50. The molecule has 6 rings (SSSR count). The number of nitrogens with zero attached hydrogens (tertiary/aromatic N) is 3. The maximum Gasteiger partial charge on any atom is 0.306 e. The first-order chi connectivity index (χ1) is 18.3. The van der Waals surface area contributed by atoms with Crippen LogP contribution in [0.5, 0.6) is 5.88 Å². The van der Waals surface area contributed by atoms with E-state index < -0.39 is 5.97 Å². The van der Waals surface area contributed by atoms with E-state index in [0.717, 1.165) is 40.4 Å². The molecule has 1 amide bonds. The topological polar surface area (TPSA) is 106 Å². The van der Waals surface area contributed by atoms with Gasteiger partial charge in [0.25, 0.3) is 5.91 Å². The molecule has 1 spiro atoms. The number of rotatable bonds is 7. The normalized spacial score (nSPS) is 22.1. The maximum absolute atomic E-state index is 13.3. The van der Waals surface area contributed by atoms with Crippen molar-refractivity contribution in [2.24, 2.45) is 11.3 Å². The molecule has 2 saturated carbocycles. The Bertz CT molecular complexity index is 1530. The van der Waals surface area contributed by atoms with Crippen LogP contribution in [-0.4, -0.2) is 44.9 Å². The Hall–Kier alpha value is -3.91. The van der Waals surface area contributed by atoms with E-state index in [4.69, 9.17) is 16.3 Å². The number of carbonyl (C=O) groups is 2. The van der Waals surface area contributed by atoms with Gasteiger partial charge in [-0.2, -0.15) is 5.10 Å². The second-order valence-electron chi connectivity index (χ2n) is 10.5. The number of hydrogen-bond acceptors (Lipinski definition) is 5. The molecule has 0 atom stereocenters. The summed E-state index contributed by atoms with van der Waals surface area (Å²) in [4.78, 5) is 28.7. The molecule has 2 aliphatic rings. The van der Waals surface area contributed by atoms with Gasteiger partial charge in [0.05, 0.1) is 36.8 Å². The van der Waals surface area contributed by atoms with E-state index in [1.54, 1.807) is 25.6 Å². The van der Waals surface area contributed by atoms with Gasteiger partial charge in [0.1, 0.15) is 0 Å². The van der Waals surface area contributed by atoms with Gasteiger partial charge in [0, 0.05) is 28.7 Å². The Balaban J connectivity index is 1.19. The van der Waals surface area contributed by atoms with Crippen molar-refractivity contribution in [2.45, 2.75) is 38.3 Å². The first-order valence-corrected chi connectivity index (χ1v) is 13.0. The average molecular weight is 531 g/mol. The highest BCUT2D eigenvalue weighted by atomic mass is 35.5. The minimum Gasteiger partial charge on any atom is -0.481 e. The molecule has 8 nitrogen and oxygen atoms in total. The summed E-state index contributed by atoms with van der Waals surface area (Å²) in [5.41, 5.74) is 4.41. The first kappa shape index (κ1) is 24.4. The predicted molar refractivity (Wildman–Crippen MR) is 143 cm³/mol. The Kier molecular flexibility index (Phi) is 6.07. The largest absolute Gasteiger partial charge is 0.481 e. The van der Waals surface area contributed by atoms with E-state index >= 15 is 0 Å². The van der Waals surface area contributed by atoms with Crippen molar-refractivity contribution in [2.75, 3.05) is 7.11 Å². The number of carboxylic acid groups (broad SMARTS) is 1. The highest BCUT2D eigenvalue weighted by Crippen LogP contribution is 2.58. The first-order valence-electron chi connectivity index (χ1n) is 12.6. The van der Waals surface area contributed by atoms with Crippen molar-refractivity contribution in [3.63, 3.8) is 0 Å². The number of hydrogen-bond donors (Lipinski definition) is 2. The number of ether oxygens (including phenoxy) is 1. The number of benzene rings is 2. The second-order valence-corrected chi connectivity index (χ2v) is 10.9. The zero-order valence-corrected chi connectivity index (χ0v) is 21.6. The summed E-state index contributed by atoms with van der Waals surface area (Å²) in [6.45, 7) is 0.495. The Morgan fingerprint density at radius 3 is 2.58 bits per heavy atom. The number of aliphatic carboxylic acids is 1. The summed E-state index contributed by atoms with van der Waals surface area (Å²) in [5.74, 6) is -0.580. The lowest BCUT2D eigenvalue weighted by Crippen LogP contribution is -2.57. The molecule has 38 heavy (non-hydrogen) atoms. The molecule has 2 fully saturated rings. The zero-order valence-electron chi connectivity index (χ0n) is 20.9. The number of methoxy groups -OCH3 is 1. The van der Waals surface area contributed by atoms with Crippen molar-refractivity contribution in [3.05, 3.63) is 77.1 Å². The standard InChI is InChI=1S/C29H27ClN4O4/c1-38-25-9-19(6-7-31-25)18-4-2-17(3-5-18)16-34-26-20(15-32-34)8-22(30)10-24(26)27(35)33-23-13-29(14-23)11-21(12-29)28(36)37/h2-10,15,21,23H,11-14,16H2,1H3,(H,33,35)(H,36,37). The number of pyridine rings is 1. The number of fused-ring (bicyclic) bond motifs is 1. The van der Waals surface area contributed by atoms with E-state index in [0.29, 0.717) is 35.9 Å². The van der Waals surface area contributed by atoms with E-state index in [1.807, 2.05) is 47.1 Å². The van der Waals surface area contributed by atoms with Crippen LogP contribution in [0.4, 0.5) is 0 Å². The second kappa shape index (κ2) is 9.44. The lowest BCUT2D eigenvalue weighted by atomic mass is 9.50. The van der Waals surface area contributed by atoms with Gasteiger partial charge in [-0.05, 0) is 66.0 Å². The Morgan fingerprint density at radius 2 is 1.87 bits per heavy atom. The van der Waals surface area contributed by atoms with Crippen molar-refractivity contribution < 1.29 is 19.4 Å². The summed E-state index contributed by atoms with van der Waals surface area (Å²) >= 11 is 6.36. The molecule has 194 valence electrons. The fourth-order valence-corrected chi connectivity index (χ4v) is 6.24. The molecule has 2 heterocycles. The quantitative estimate of drug-likeness (QED) is 0.341. The van der Waals surface area contributed by atoms with Crippen LogP contribution in [0.1, 0.15) is 41.6 Å². The minimum atomic E-state index is -0.718. The monoisotopic (exact) mass is 530 g/mol. The lowest BCUT2D eigenvalue weighted by Gasteiger charge is -2.56. The van der Waals surface area contributed by atoms with Crippen LogP contribution in [0, 0.1) is 11.3 Å². The van der Waals surface area contributed by atoms with Gasteiger partial charge >= 0.3 is 5.97 Å². The summed E-state index contributed by atoms with van der Waals surface area (Å²) < 4.78 is 7.06. The number of nitrogens with one attached hydrogen (secondary N) is 1. The Labute approximate surface area is 224 Å². The van der Waals surface area contributed by atoms with E-state index in [-0.39, 0.29) is 23.3 Å². The SMILES string of the molecule is COc1cc(-c2ccc(Cn3ncc4cc(Cl)cc(C(=O)NC5CC6(C5)CC(C(=O)O)C6)c43)cc2)ccn1. The fraction of sp³-hybridized carbons (Fsp3) is 0.310. The lowest BCUT2D eigenvalue weighted by molar-refractivity contribution is -0.155. The van der Waals surface area contributed by atoms with Crippen molar-refractivity contribution in [1.82, 2.24) is 20.1 Å². The maximum atomic E-state index is 13.3. The van der Waals surface area contributed by atoms with E-state index in [9.17, 15) is 14.7 Å². The van der Waals surface area contributed by atoms with Gasteiger partial charge in [-0.1, -0.05) is 35.9 Å². The molecule has 9 heteroatoms. The molecular weight excluding hydrogens is 504 g/mol. The number of amides is 1. The van der Waals surface area contributed by atoms with Crippen LogP contribution >= 0.6 is 11.6 Å². The van der Waals surface area contributed by atoms with Crippen LogP contribution < -0.4 is 10.1 Å². The number of carbonyl (C=O) groups excluding carboxylic acids is 1. The van der Waals surface area contributed by atoms with Crippen LogP contribution in [0.3, 0.4) is 0 Å². The highest BCUT2D eigenvalue weighted by Gasteiger charge is 2.55. The predicted octanol–water partition coefficient (Wildman–Crippen LogP) is 5.18. The smallest absolute Gasteiger partial charge is 0.306 e. The molecule has 2 aliphatic carbocycles. The van der Waals surface area contributed by atoms with E-state index in [2.05, 4.69) is 15.4 Å². The molecule has 0 bridgehead atoms. The molecule has 2 N–H and O–H groups in total. The molecule has 0 aliphatic heterocycles. The van der Waals surface area contributed by atoms with Gasteiger partial charge < -0.3 is 15.2 Å². The minimum absolute atomic E-state index is 0.0435. The van der Waals surface area contributed by atoms with Gasteiger partial charge in [-0.25, -0.2) is 4.98 Å². The Morgan fingerprint density at radius 1 is 1.11 bits per heavy atom. The van der Waals surface area contributed by atoms with Crippen molar-refractivity contribution in [1.29, 1.82) is 0 Å². The van der Waals surface area contributed by atoms with Gasteiger partial charge in [0.15, 0.2) is 0 Å². The molecule has 0 radical (unpaired) electrons. The van der Waals surface area contributed by atoms with Crippen LogP contribution in [0.2, 0.25) is 5.02 Å². The summed E-state index contributed by atoms with van der Waals surface area (Å²) in [5, 5.41) is 18.1. The number of aromatic nitrogens is 3. The fourth-order valence-electron chi connectivity index (χ4n) is 6.01. The molecule has 2 aromatic heterocycles. The molecule has 2 aromatic carbocycles. The molecule has 0 unspecified atom stereocenters. The van der Waals surface area contributed by atoms with Crippen LogP contribution in [0.15, 0.2) is 60.9 Å². The van der Waals surface area contributed by atoms with E-state index in [1.165, 1.54) is 0 Å². The average Bonchev–Trinajstić information content (AvgIpc) is 3.26. The van der Waals surface area contributed by atoms with Gasteiger partial charge in [0.2, 0.25) is 5.88 Å². The third-order valence-electron chi connectivity index (χ3n) is 7.91. The third-order valence-corrected chi connectivity index (χ3v) is 8.13. The summed E-state index contributed by atoms with van der Waals surface area (Å²) in [6, 6.07) is 15.6. The zero-order chi connectivity index (χ0) is 26.4. The molecule has 4 aromatic rings. The van der Waals surface area contributed by atoms with Gasteiger partial charge in [-0.15, -0.1) is 0 Å². The van der Waals surface area contributed by atoms with Crippen LogP contribution in [-0.2, 0) is 11.3 Å². The number of carboxylic acids is 1. The summed E-state index contributed by atoms with van der Waals surface area (Å²) in [7, 11) is 1.60. The molecule has 0 saturated heterocycles. The van der Waals surface area contributed by atoms with Crippen molar-refractivity contribution >= 4 is 34.4 Å². The third kappa shape index (κ3) is 4.49. The molecular formula is C29H27ClN4O4. The van der Waals surface area contributed by atoms with Crippen molar-refractivity contribution in [3.8, 4) is 17.0 Å².